The van der Waals surface area contributed by atoms with Gasteiger partial charge in [0.2, 0.25) is 0 Å². The number of rotatable bonds is 3. The molecule has 0 unspecified atom stereocenters. The second kappa shape index (κ2) is 5.14. The molecule has 0 atom stereocenters. The van der Waals surface area contributed by atoms with Gasteiger partial charge in [0.25, 0.3) is 0 Å². The van der Waals surface area contributed by atoms with Crippen molar-refractivity contribution in [3.8, 4) is 0 Å². The molecule has 0 N–H and O–H groups in total. The molecule has 2 nitrogen and oxygen atoms in total. The van der Waals surface area contributed by atoms with E-state index in [9.17, 15) is 4.79 Å². The molecule has 4 bridgehead atoms. The Balaban J connectivity index is 1.80. The van der Waals surface area contributed by atoms with E-state index in [0.29, 0.717) is 5.41 Å². The van der Waals surface area contributed by atoms with Gasteiger partial charge >= 0.3 is 5.97 Å². The summed E-state index contributed by atoms with van der Waals surface area (Å²) in [5.41, 5.74) is 0.830. The number of hydrogen-bond acceptors (Lipinski definition) is 2. The highest BCUT2D eigenvalue weighted by molar-refractivity contribution is 5.88. The van der Waals surface area contributed by atoms with Gasteiger partial charge in [0.15, 0.2) is 0 Å². The van der Waals surface area contributed by atoms with Crippen molar-refractivity contribution in [1.29, 1.82) is 0 Å². The summed E-state index contributed by atoms with van der Waals surface area (Å²) in [7, 11) is 0. The van der Waals surface area contributed by atoms with E-state index in [4.69, 9.17) is 4.74 Å². The van der Waals surface area contributed by atoms with Crippen LogP contribution in [0.5, 0.6) is 0 Å². The molecule has 0 radical (unpaired) electrons. The molecule has 4 saturated carbocycles. The van der Waals surface area contributed by atoms with E-state index in [1.807, 2.05) is 20.8 Å². The van der Waals surface area contributed by atoms with Crippen LogP contribution in [0.15, 0.2) is 11.6 Å². The first kappa shape index (κ1) is 15.1. The van der Waals surface area contributed by atoms with Gasteiger partial charge in [0.1, 0.15) is 5.60 Å². The summed E-state index contributed by atoms with van der Waals surface area (Å²) in [6, 6.07) is 0. The van der Waals surface area contributed by atoms with E-state index in [-0.39, 0.29) is 5.97 Å². The molecule has 4 aliphatic carbocycles. The fourth-order valence-electron chi connectivity index (χ4n) is 5.37. The van der Waals surface area contributed by atoms with Crippen LogP contribution >= 0.6 is 0 Å². The Labute approximate surface area is 129 Å². The molecule has 0 aliphatic heterocycles. The Morgan fingerprint density at radius 1 is 1.10 bits per heavy atom. The molecule has 118 valence electrons. The van der Waals surface area contributed by atoms with Crippen LogP contribution < -0.4 is 0 Å². The van der Waals surface area contributed by atoms with Crippen molar-refractivity contribution in [3.63, 3.8) is 0 Å². The molecule has 0 aromatic carbocycles. The summed E-state index contributed by atoms with van der Waals surface area (Å²) < 4.78 is 5.60. The van der Waals surface area contributed by atoms with Crippen molar-refractivity contribution in [2.24, 2.45) is 23.2 Å². The van der Waals surface area contributed by atoms with Gasteiger partial charge in [-0.3, -0.25) is 0 Å². The number of allylic oxidation sites excluding steroid dienone is 1. The molecule has 0 spiro atoms. The topological polar surface area (TPSA) is 26.3 Å². The van der Waals surface area contributed by atoms with Gasteiger partial charge in [0.05, 0.1) is 0 Å². The molecule has 4 rings (SSSR count). The Kier molecular flexibility index (Phi) is 3.70. The second-order valence-corrected chi connectivity index (χ2v) is 8.80. The number of hydrogen-bond donors (Lipinski definition) is 0. The lowest BCUT2D eigenvalue weighted by Crippen LogP contribution is -2.45. The first-order valence-electron chi connectivity index (χ1n) is 8.74. The smallest absolute Gasteiger partial charge is 0.334 e. The minimum atomic E-state index is -0.396. The minimum Gasteiger partial charge on any atom is -0.457 e. The number of esters is 1. The highest BCUT2D eigenvalue weighted by atomic mass is 16.6. The van der Waals surface area contributed by atoms with Gasteiger partial charge in [-0.05, 0) is 88.9 Å². The average molecular weight is 290 g/mol. The van der Waals surface area contributed by atoms with E-state index >= 15 is 0 Å². The van der Waals surface area contributed by atoms with Gasteiger partial charge in [-0.2, -0.15) is 0 Å². The van der Waals surface area contributed by atoms with Crippen LogP contribution in [0.2, 0.25) is 0 Å². The third kappa shape index (κ3) is 3.19. The maximum atomic E-state index is 12.4. The van der Waals surface area contributed by atoms with Crippen molar-refractivity contribution < 1.29 is 9.53 Å². The van der Waals surface area contributed by atoms with Gasteiger partial charge in [0, 0.05) is 5.57 Å². The van der Waals surface area contributed by atoms with Gasteiger partial charge in [-0.25, -0.2) is 4.79 Å². The Bertz CT molecular complexity index is 417. The lowest BCUT2D eigenvalue weighted by Gasteiger charge is -2.56. The standard InChI is InChI=1S/C19H30O2/c1-5-16(17(20)21-18(2,3)4)12-19-9-13-6-14(10-19)8-15(7-13)11-19/h12-15H,5-11H2,1-4H3. The van der Waals surface area contributed by atoms with E-state index < -0.39 is 5.60 Å². The van der Waals surface area contributed by atoms with Crippen LogP contribution in [0.4, 0.5) is 0 Å². The number of carbonyl (C=O) groups is 1. The highest BCUT2D eigenvalue weighted by Gasteiger charge is 2.50. The average Bonchev–Trinajstić information content (AvgIpc) is 2.32. The Morgan fingerprint density at radius 3 is 1.95 bits per heavy atom. The normalized spacial score (nSPS) is 38.7. The maximum Gasteiger partial charge on any atom is 0.334 e. The zero-order valence-corrected chi connectivity index (χ0v) is 14.1. The third-order valence-corrected chi connectivity index (χ3v) is 5.61. The summed E-state index contributed by atoms with van der Waals surface area (Å²) in [6.07, 6.45) is 11.4. The third-order valence-electron chi connectivity index (χ3n) is 5.61. The molecule has 4 aliphatic rings. The monoisotopic (exact) mass is 290 g/mol. The molecule has 0 aromatic rings. The highest BCUT2D eigenvalue weighted by Crippen LogP contribution is 2.60. The summed E-state index contributed by atoms with van der Waals surface area (Å²) in [4.78, 5) is 12.4. The molecule has 2 heteroatoms. The molecule has 0 amide bonds. The summed E-state index contributed by atoms with van der Waals surface area (Å²) >= 11 is 0. The largest absolute Gasteiger partial charge is 0.457 e. The van der Waals surface area contributed by atoms with Crippen molar-refractivity contribution >= 4 is 5.97 Å². The maximum absolute atomic E-state index is 12.4. The first-order valence-corrected chi connectivity index (χ1v) is 8.74. The lowest BCUT2D eigenvalue weighted by atomic mass is 9.49. The van der Waals surface area contributed by atoms with Crippen molar-refractivity contribution in [2.45, 2.75) is 78.2 Å². The van der Waals surface area contributed by atoms with Crippen molar-refractivity contribution in [3.05, 3.63) is 11.6 Å². The van der Waals surface area contributed by atoms with E-state index in [1.54, 1.807) is 0 Å². The van der Waals surface area contributed by atoms with Crippen LogP contribution in [-0.4, -0.2) is 11.6 Å². The predicted molar refractivity (Wildman–Crippen MR) is 84.8 cm³/mol. The predicted octanol–water partition coefficient (Wildman–Crippen LogP) is 4.88. The number of carbonyl (C=O) groups excluding carboxylic acids is 1. The summed E-state index contributed by atoms with van der Waals surface area (Å²) in [5, 5.41) is 0. The van der Waals surface area contributed by atoms with E-state index in [2.05, 4.69) is 13.0 Å². The van der Waals surface area contributed by atoms with Crippen molar-refractivity contribution in [2.75, 3.05) is 0 Å². The molecule has 21 heavy (non-hydrogen) atoms. The summed E-state index contributed by atoms with van der Waals surface area (Å²) in [6.45, 7) is 7.92. The quantitative estimate of drug-likeness (QED) is 0.547. The zero-order chi connectivity index (χ0) is 15.3. The second-order valence-electron chi connectivity index (χ2n) is 8.80. The SMILES string of the molecule is CCC(=CC12CC3CC(CC(C3)C1)C2)C(=O)OC(C)(C)C. The van der Waals surface area contributed by atoms with E-state index in [1.165, 1.54) is 38.5 Å². The van der Waals surface area contributed by atoms with Crippen LogP contribution in [0.1, 0.15) is 72.6 Å². The Hall–Kier alpha value is -0.790. The number of ether oxygens (including phenoxy) is 1. The van der Waals surface area contributed by atoms with Crippen LogP contribution in [0.3, 0.4) is 0 Å². The molecule has 4 fully saturated rings. The van der Waals surface area contributed by atoms with Crippen LogP contribution in [0.25, 0.3) is 0 Å². The molecule has 0 heterocycles. The summed E-state index contributed by atoms with van der Waals surface area (Å²) in [5.74, 6) is 2.67. The molecule has 0 aromatic heterocycles. The fourth-order valence-corrected chi connectivity index (χ4v) is 5.37. The van der Waals surface area contributed by atoms with Gasteiger partial charge in [-0.1, -0.05) is 13.0 Å². The Morgan fingerprint density at radius 2 is 1.57 bits per heavy atom. The van der Waals surface area contributed by atoms with Gasteiger partial charge < -0.3 is 4.74 Å². The fraction of sp³-hybridized carbons (Fsp3) is 0.842. The van der Waals surface area contributed by atoms with Crippen LogP contribution in [0, 0.1) is 23.2 Å². The zero-order valence-electron chi connectivity index (χ0n) is 14.1. The molecule has 0 saturated heterocycles. The first-order chi connectivity index (χ1) is 9.78. The minimum absolute atomic E-state index is 0.0965. The van der Waals surface area contributed by atoms with Gasteiger partial charge in [-0.15, -0.1) is 0 Å². The molecular formula is C19H30O2. The lowest BCUT2D eigenvalue weighted by molar-refractivity contribution is -0.150. The van der Waals surface area contributed by atoms with Crippen LogP contribution in [-0.2, 0) is 9.53 Å². The van der Waals surface area contributed by atoms with Crippen molar-refractivity contribution in [1.82, 2.24) is 0 Å². The molecular weight excluding hydrogens is 260 g/mol. The van der Waals surface area contributed by atoms with E-state index in [0.717, 1.165) is 29.7 Å².